The van der Waals surface area contributed by atoms with E-state index in [1.807, 2.05) is 36.4 Å². The summed E-state index contributed by atoms with van der Waals surface area (Å²) in [6, 6.07) is 10.1. The predicted octanol–water partition coefficient (Wildman–Crippen LogP) is 2.91. The zero-order valence-corrected chi connectivity index (χ0v) is 10.8. The number of rotatable bonds is 6. The Morgan fingerprint density at radius 1 is 1.44 bits per heavy atom. The Morgan fingerprint density at radius 3 is 2.83 bits per heavy atom. The van der Waals surface area contributed by atoms with Crippen molar-refractivity contribution >= 4 is 0 Å². The van der Waals surface area contributed by atoms with Crippen molar-refractivity contribution in [1.29, 1.82) is 0 Å². The second-order valence-corrected chi connectivity index (χ2v) is 4.57. The Morgan fingerprint density at radius 2 is 2.22 bits per heavy atom. The van der Waals surface area contributed by atoms with Gasteiger partial charge in [0.25, 0.3) is 0 Å². The number of hydrogen-bond acceptors (Lipinski definition) is 3. The Kier molecular flexibility index (Phi) is 4.53. The first-order valence-corrected chi connectivity index (χ1v) is 6.24. The van der Waals surface area contributed by atoms with E-state index in [1.165, 1.54) is 0 Å². The second-order valence-electron chi connectivity index (χ2n) is 4.57. The molecule has 1 heterocycles. The monoisotopic (exact) mass is 248 g/mol. The highest BCUT2D eigenvalue weighted by molar-refractivity contribution is 5.13. The topological polar surface area (TPSA) is 27.7 Å². The van der Waals surface area contributed by atoms with Crippen molar-refractivity contribution in [3.05, 3.63) is 48.6 Å². The summed E-state index contributed by atoms with van der Waals surface area (Å²) in [6.07, 6.45) is 3.47. The number of methoxy groups -OCH3 is 1. The van der Waals surface area contributed by atoms with Gasteiger partial charge >= 0.3 is 0 Å². The normalized spacial score (nSPS) is 27.3. The van der Waals surface area contributed by atoms with E-state index in [0.29, 0.717) is 13.2 Å². The van der Waals surface area contributed by atoms with E-state index >= 15 is 0 Å². The molecule has 0 N–H and O–H groups in total. The van der Waals surface area contributed by atoms with E-state index in [-0.39, 0.29) is 6.29 Å². The lowest BCUT2D eigenvalue weighted by atomic mass is 10.0. The fraction of sp³-hybridized carbons (Fsp3) is 0.467. The molecule has 1 saturated heterocycles. The maximum absolute atomic E-state index is 5.82. The van der Waals surface area contributed by atoms with Crippen molar-refractivity contribution in [2.24, 2.45) is 0 Å². The maximum atomic E-state index is 5.82. The molecule has 0 spiro atoms. The highest BCUT2D eigenvalue weighted by Crippen LogP contribution is 2.32. The van der Waals surface area contributed by atoms with Crippen molar-refractivity contribution in [2.45, 2.75) is 31.3 Å². The van der Waals surface area contributed by atoms with Gasteiger partial charge in [-0.15, -0.1) is 6.58 Å². The quantitative estimate of drug-likeness (QED) is 0.724. The lowest BCUT2D eigenvalue weighted by molar-refractivity contribution is -0.156. The summed E-state index contributed by atoms with van der Waals surface area (Å²) < 4.78 is 16.8. The molecule has 3 nitrogen and oxygen atoms in total. The van der Waals surface area contributed by atoms with Gasteiger partial charge in [-0.25, -0.2) is 0 Å². The maximum Gasteiger partial charge on any atom is 0.158 e. The molecule has 2 rings (SSSR count). The molecule has 1 fully saturated rings. The van der Waals surface area contributed by atoms with Crippen LogP contribution in [0.4, 0.5) is 0 Å². The lowest BCUT2D eigenvalue weighted by Gasteiger charge is -2.25. The van der Waals surface area contributed by atoms with Gasteiger partial charge in [-0.05, 0) is 12.0 Å². The molecule has 1 aromatic carbocycles. The zero-order chi connectivity index (χ0) is 12.8. The summed E-state index contributed by atoms with van der Waals surface area (Å²) >= 11 is 0. The molecule has 0 unspecified atom stereocenters. The number of hydrogen-bond donors (Lipinski definition) is 0. The average Bonchev–Trinajstić information content (AvgIpc) is 2.84. The smallest absolute Gasteiger partial charge is 0.158 e. The first kappa shape index (κ1) is 13.3. The van der Waals surface area contributed by atoms with Crippen molar-refractivity contribution in [2.75, 3.05) is 13.7 Å². The summed E-state index contributed by atoms with van der Waals surface area (Å²) in [7, 11) is 1.66. The Balaban J connectivity index is 1.83. The fourth-order valence-corrected chi connectivity index (χ4v) is 2.14. The summed E-state index contributed by atoms with van der Waals surface area (Å²) in [5.41, 5.74) is 0.771. The fourth-order valence-electron chi connectivity index (χ4n) is 2.14. The van der Waals surface area contributed by atoms with Gasteiger partial charge in [0.15, 0.2) is 6.29 Å². The summed E-state index contributed by atoms with van der Waals surface area (Å²) in [4.78, 5) is 0. The molecule has 0 radical (unpaired) electrons. The SMILES string of the molecule is C=C[C@@]1(COCc2ccccc2)CC[C@@H](OC)O1. The molecule has 0 aliphatic carbocycles. The Bertz CT molecular complexity index is 377. The zero-order valence-electron chi connectivity index (χ0n) is 10.8. The minimum Gasteiger partial charge on any atom is -0.373 e. The van der Waals surface area contributed by atoms with Gasteiger partial charge in [0.2, 0.25) is 0 Å². The molecule has 1 aliphatic rings. The van der Waals surface area contributed by atoms with Gasteiger partial charge in [0, 0.05) is 13.5 Å². The molecule has 1 aromatic rings. The second kappa shape index (κ2) is 6.14. The van der Waals surface area contributed by atoms with Gasteiger partial charge < -0.3 is 14.2 Å². The van der Waals surface area contributed by atoms with Crippen LogP contribution in [0.1, 0.15) is 18.4 Å². The molecule has 0 saturated carbocycles. The van der Waals surface area contributed by atoms with Crippen LogP contribution < -0.4 is 0 Å². The predicted molar refractivity (Wildman–Crippen MR) is 70.1 cm³/mol. The lowest BCUT2D eigenvalue weighted by Crippen LogP contribution is -2.32. The van der Waals surface area contributed by atoms with Crippen LogP contribution in [0.3, 0.4) is 0 Å². The van der Waals surface area contributed by atoms with Gasteiger partial charge in [-0.1, -0.05) is 36.4 Å². The molecular formula is C15H20O3. The van der Waals surface area contributed by atoms with Crippen LogP contribution in [0.5, 0.6) is 0 Å². The molecule has 0 bridgehead atoms. The van der Waals surface area contributed by atoms with Gasteiger partial charge in [-0.2, -0.15) is 0 Å². The van der Waals surface area contributed by atoms with Crippen molar-refractivity contribution < 1.29 is 14.2 Å². The number of benzene rings is 1. The van der Waals surface area contributed by atoms with E-state index < -0.39 is 5.60 Å². The van der Waals surface area contributed by atoms with Crippen LogP contribution >= 0.6 is 0 Å². The van der Waals surface area contributed by atoms with Crippen LogP contribution in [-0.2, 0) is 20.8 Å². The highest BCUT2D eigenvalue weighted by Gasteiger charge is 2.38. The first-order chi connectivity index (χ1) is 8.78. The average molecular weight is 248 g/mol. The van der Waals surface area contributed by atoms with Gasteiger partial charge in [0.1, 0.15) is 5.60 Å². The molecule has 1 aliphatic heterocycles. The third kappa shape index (κ3) is 3.19. The molecular weight excluding hydrogens is 228 g/mol. The summed E-state index contributed by atoms with van der Waals surface area (Å²) in [5, 5.41) is 0. The van der Waals surface area contributed by atoms with Crippen molar-refractivity contribution in [1.82, 2.24) is 0 Å². The van der Waals surface area contributed by atoms with Crippen LogP contribution in [0.2, 0.25) is 0 Å². The van der Waals surface area contributed by atoms with E-state index in [0.717, 1.165) is 18.4 Å². The third-order valence-electron chi connectivity index (χ3n) is 3.26. The third-order valence-corrected chi connectivity index (χ3v) is 3.26. The van der Waals surface area contributed by atoms with Gasteiger partial charge in [-0.3, -0.25) is 0 Å². The molecule has 0 amide bonds. The molecule has 2 atom stereocenters. The molecule has 98 valence electrons. The number of ether oxygens (including phenoxy) is 3. The molecule has 0 aromatic heterocycles. The van der Waals surface area contributed by atoms with Crippen molar-refractivity contribution in [3.63, 3.8) is 0 Å². The van der Waals surface area contributed by atoms with Gasteiger partial charge in [0.05, 0.1) is 13.2 Å². The van der Waals surface area contributed by atoms with E-state index in [1.54, 1.807) is 7.11 Å². The standard InChI is InChI=1S/C15H20O3/c1-3-15(10-9-14(16-2)18-15)12-17-11-13-7-5-4-6-8-13/h3-8,14H,1,9-12H2,2H3/t14-,15-/m0/s1. The molecule has 18 heavy (non-hydrogen) atoms. The summed E-state index contributed by atoms with van der Waals surface area (Å²) in [6.45, 7) is 4.96. The molecule has 3 heteroatoms. The summed E-state index contributed by atoms with van der Waals surface area (Å²) in [5.74, 6) is 0. The van der Waals surface area contributed by atoms with Crippen LogP contribution in [-0.4, -0.2) is 25.6 Å². The minimum atomic E-state index is -0.393. The Labute approximate surface area is 108 Å². The Hall–Kier alpha value is -1.16. The van der Waals surface area contributed by atoms with E-state index in [2.05, 4.69) is 6.58 Å². The van der Waals surface area contributed by atoms with Crippen molar-refractivity contribution in [3.8, 4) is 0 Å². The first-order valence-electron chi connectivity index (χ1n) is 6.24. The highest BCUT2D eigenvalue weighted by atomic mass is 16.7. The van der Waals surface area contributed by atoms with E-state index in [4.69, 9.17) is 14.2 Å². The van der Waals surface area contributed by atoms with Crippen LogP contribution in [0, 0.1) is 0 Å². The minimum absolute atomic E-state index is 0.136. The van der Waals surface area contributed by atoms with E-state index in [9.17, 15) is 0 Å². The van der Waals surface area contributed by atoms with Crippen LogP contribution in [0.15, 0.2) is 43.0 Å². The largest absolute Gasteiger partial charge is 0.373 e. The van der Waals surface area contributed by atoms with Crippen LogP contribution in [0.25, 0.3) is 0 Å².